The van der Waals surface area contributed by atoms with Crippen molar-refractivity contribution >= 4 is 15.7 Å². The van der Waals surface area contributed by atoms with Gasteiger partial charge in [0.2, 0.25) is 0 Å². The molecule has 1 aliphatic heterocycles. The third-order valence-corrected chi connectivity index (χ3v) is 4.31. The van der Waals surface area contributed by atoms with Gasteiger partial charge in [0.05, 0.1) is 4.90 Å². The molecule has 5 nitrogen and oxygen atoms in total. The minimum absolute atomic E-state index is 0.149. The van der Waals surface area contributed by atoms with E-state index < -0.39 is 9.84 Å². The maximum Gasteiger partial charge on any atom is 0.251 e. The number of piperidine rings is 1. The van der Waals surface area contributed by atoms with E-state index in [0.717, 1.165) is 32.2 Å². The Hall–Kier alpha value is -1.40. The monoisotopic (exact) mass is 282 g/mol. The third kappa shape index (κ3) is 3.78. The minimum atomic E-state index is -3.21. The normalized spacial score (nSPS) is 19.9. The van der Waals surface area contributed by atoms with Crippen LogP contribution in [0, 0.1) is 0 Å². The van der Waals surface area contributed by atoms with Crippen molar-refractivity contribution in [3.8, 4) is 0 Å². The predicted octanol–water partition coefficient (Wildman–Crippen LogP) is 0.572. The quantitative estimate of drug-likeness (QED) is 0.850. The molecule has 2 rings (SSSR count). The summed E-state index contributed by atoms with van der Waals surface area (Å²) in [6, 6.07) is 6.16. The summed E-state index contributed by atoms with van der Waals surface area (Å²) in [5.74, 6) is -0.159. The van der Waals surface area contributed by atoms with Gasteiger partial charge in [-0.3, -0.25) is 4.79 Å². The van der Waals surface area contributed by atoms with Gasteiger partial charge in [-0.15, -0.1) is 0 Å². The van der Waals surface area contributed by atoms with Gasteiger partial charge in [0.1, 0.15) is 0 Å². The van der Waals surface area contributed by atoms with E-state index in [-0.39, 0.29) is 16.8 Å². The highest BCUT2D eigenvalue weighted by Crippen LogP contribution is 2.11. The molecule has 19 heavy (non-hydrogen) atoms. The van der Waals surface area contributed by atoms with Crippen molar-refractivity contribution in [1.29, 1.82) is 0 Å². The van der Waals surface area contributed by atoms with Gasteiger partial charge in [-0.05, 0) is 43.7 Å². The van der Waals surface area contributed by atoms with Crippen LogP contribution in [0.15, 0.2) is 29.2 Å². The van der Waals surface area contributed by atoms with Gasteiger partial charge in [0, 0.05) is 24.4 Å². The second-order valence-electron chi connectivity index (χ2n) is 4.81. The SMILES string of the molecule is CS(=O)(=O)c1ccc(C(=O)N[C@@H]2CCCNC2)cc1. The Morgan fingerprint density at radius 2 is 2.00 bits per heavy atom. The molecule has 1 atom stereocenters. The number of carbonyl (C=O) groups excluding carboxylic acids is 1. The van der Waals surface area contributed by atoms with Crippen LogP contribution >= 0.6 is 0 Å². The van der Waals surface area contributed by atoms with Gasteiger partial charge in [-0.1, -0.05) is 0 Å². The maximum atomic E-state index is 12.0. The Bertz CT molecular complexity index is 546. The van der Waals surface area contributed by atoms with Crippen LogP contribution in [0.2, 0.25) is 0 Å². The lowest BCUT2D eigenvalue weighted by atomic mass is 10.1. The van der Waals surface area contributed by atoms with E-state index in [9.17, 15) is 13.2 Å². The fourth-order valence-corrected chi connectivity index (χ4v) is 2.73. The highest BCUT2D eigenvalue weighted by molar-refractivity contribution is 7.90. The Balaban J connectivity index is 2.03. The molecule has 1 saturated heterocycles. The molecule has 0 aliphatic carbocycles. The molecule has 0 unspecified atom stereocenters. The van der Waals surface area contributed by atoms with Crippen molar-refractivity contribution in [2.24, 2.45) is 0 Å². The van der Waals surface area contributed by atoms with Crippen LogP contribution < -0.4 is 10.6 Å². The maximum absolute atomic E-state index is 12.0. The molecule has 1 amide bonds. The number of hydrogen-bond acceptors (Lipinski definition) is 4. The second-order valence-corrected chi connectivity index (χ2v) is 6.83. The lowest BCUT2D eigenvalue weighted by Gasteiger charge is -2.23. The van der Waals surface area contributed by atoms with Crippen LogP contribution in [-0.4, -0.2) is 39.7 Å². The molecule has 0 radical (unpaired) electrons. The standard InChI is InChI=1S/C13H18N2O3S/c1-19(17,18)12-6-4-10(5-7-12)13(16)15-11-3-2-8-14-9-11/h4-7,11,14H,2-3,8-9H2,1H3,(H,15,16)/t11-/m1/s1. The van der Waals surface area contributed by atoms with Crippen molar-refractivity contribution in [2.75, 3.05) is 19.3 Å². The molecular formula is C13H18N2O3S. The largest absolute Gasteiger partial charge is 0.348 e. The van der Waals surface area contributed by atoms with E-state index in [1.807, 2.05) is 0 Å². The topological polar surface area (TPSA) is 75.3 Å². The molecule has 1 fully saturated rings. The first kappa shape index (κ1) is 14.0. The fraction of sp³-hybridized carbons (Fsp3) is 0.462. The van der Waals surface area contributed by atoms with Crippen LogP contribution in [0.3, 0.4) is 0 Å². The van der Waals surface area contributed by atoms with Crippen molar-refractivity contribution in [2.45, 2.75) is 23.8 Å². The number of benzene rings is 1. The molecule has 6 heteroatoms. The Kier molecular flexibility index (Phi) is 4.21. The lowest BCUT2D eigenvalue weighted by molar-refractivity contribution is 0.0930. The van der Waals surface area contributed by atoms with E-state index >= 15 is 0 Å². The summed E-state index contributed by atoms with van der Waals surface area (Å²) in [7, 11) is -3.21. The summed E-state index contributed by atoms with van der Waals surface area (Å²) in [4.78, 5) is 12.2. The number of rotatable bonds is 3. The van der Waals surface area contributed by atoms with Crippen molar-refractivity contribution in [3.63, 3.8) is 0 Å². The van der Waals surface area contributed by atoms with Gasteiger partial charge in [0.15, 0.2) is 9.84 Å². The van der Waals surface area contributed by atoms with Gasteiger partial charge in [-0.25, -0.2) is 8.42 Å². The van der Waals surface area contributed by atoms with Crippen LogP contribution in [0.25, 0.3) is 0 Å². The molecule has 0 saturated carbocycles. The molecular weight excluding hydrogens is 264 g/mol. The van der Waals surface area contributed by atoms with Crippen LogP contribution in [0.4, 0.5) is 0 Å². The lowest BCUT2D eigenvalue weighted by Crippen LogP contribution is -2.45. The number of hydrogen-bond donors (Lipinski definition) is 2. The first-order valence-electron chi connectivity index (χ1n) is 6.28. The van der Waals surface area contributed by atoms with E-state index in [1.165, 1.54) is 12.1 Å². The number of carbonyl (C=O) groups is 1. The van der Waals surface area contributed by atoms with Gasteiger partial charge in [-0.2, -0.15) is 0 Å². The predicted molar refractivity (Wildman–Crippen MR) is 72.9 cm³/mol. The van der Waals surface area contributed by atoms with Crippen LogP contribution in [-0.2, 0) is 9.84 Å². The molecule has 104 valence electrons. The first-order chi connectivity index (χ1) is 8.97. The molecule has 2 N–H and O–H groups in total. The molecule has 1 aromatic carbocycles. The summed E-state index contributed by atoms with van der Waals surface area (Å²) in [6.07, 6.45) is 3.17. The van der Waals surface area contributed by atoms with Crippen molar-refractivity contribution in [1.82, 2.24) is 10.6 Å². The number of nitrogens with one attached hydrogen (secondary N) is 2. The smallest absolute Gasteiger partial charge is 0.251 e. The van der Waals surface area contributed by atoms with E-state index in [4.69, 9.17) is 0 Å². The zero-order valence-corrected chi connectivity index (χ0v) is 11.7. The summed E-state index contributed by atoms with van der Waals surface area (Å²) in [5.41, 5.74) is 0.484. The zero-order valence-electron chi connectivity index (χ0n) is 10.8. The van der Waals surface area contributed by atoms with Gasteiger partial charge in [0.25, 0.3) is 5.91 Å². The third-order valence-electron chi connectivity index (χ3n) is 3.18. The first-order valence-corrected chi connectivity index (χ1v) is 8.17. The molecule has 1 aliphatic rings. The highest BCUT2D eigenvalue weighted by atomic mass is 32.2. The number of amides is 1. The van der Waals surface area contributed by atoms with Crippen LogP contribution in [0.1, 0.15) is 23.2 Å². The Morgan fingerprint density at radius 3 is 2.53 bits per heavy atom. The summed E-state index contributed by atoms with van der Waals surface area (Å²) >= 11 is 0. The summed E-state index contributed by atoms with van der Waals surface area (Å²) in [6.45, 7) is 1.78. The molecule has 1 aromatic rings. The van der Waals surface area contributed by atoms with E-state index in [0.29, 0.717) is 5.56 Å². The molecule has 0 bridgehead atoms. The summed E-state index contributed by atoms with van der Waals surface area (Å²) in [5, 5.41) is 6.17. The van der Waals surface area contributed by atoms with Gasteiger partial charge < -0.3 is 10.6 Å². The minimum Gasteiger partial charge on any atom is -0.348 e. The second kappa shape index (κ2) is 5.71. The van der Waals surface area contributed by atoms with Crippen molar-refractivity contribution in [3.05, 3.63) is 29.8 Å². The Morgan fingerprint density at radius 1 is 1.32 bits per heavy atom. The summed E-state index contributed by atoms with van der Waals surface area (Å²) < 4.78 is 22.6. The highest BCUT2D eigenvalue weighted by Gasteiger charge is 2.16. The molecule has 1 heterocycles. The molecule has 0 spiro atoms. The fourth-order valence-electron chi connectivity index (χ4n) is 2.10. The average Bonchev–Trinajstić information content (AvgIpc) is 2.39. The van der Waals surface area contributed by atoms with Gasteiger partial charge >= 0.3 is 0 Å². The van der Waals surface area contributed by atoms with Crippen LogP contribution in [0.5, 0.6) is 0 Å². The Labute approximate surface area is 113 Å². The van der Waals surface area contributed by atoms with E-state index in [1.54, 1.807) is 12.1 Å². The van der Waals surface area contributed by atoms with Crippen molar-refractivity contribution < 1.29 is 13.2 Å². The molecule has 0 aromatic heterocycles. The zero-order chi connectivity index (χ0) is 13.9. The van der Waals surface area contributed by atoms with E-state index in [2.05, 4.69) is 10.6 Å². The average molecular weight is 282 g/mol. The number of sulfone groups is 1.